The first kappa shape index (κ1) is 15.2. The number of rotatable bonds is 3. The van der Waals surface area contributed by atoms with E-state index in [1.807, 2.05) is 20.0 Å². The number of carbonyl (C=O) groups excluding carboxylic acids is 1. The van der Waals surface area contributed by atoms with E-state index in [2.05, 4.69) is 22.8 Å². The van der Waals surface area contributed by atoms with Gasteiger partial charge in [0.2, 0.25) is 0 Å². The molecule has 0 aromatic heterocycles. The van der Waals surface area contributed by atoms with E-state index >= 15 is 0 Å². The first-order chi connectivity index (χ1) is 9.74. The zero-order valence-corrected chi connectivity index (χ0v) is 12.6. The van der Waals surface area contributed by atoms with Crippen molar-refractivity contribution < 1.29 is 4.79 Å². The predicted molar refractivity (Wildman–Crippen MR) is 83.5 cm³/mol. The van der Waals surface area contributed by atoms with Gasteiger partial charge >= 0.3 is 0 Å². The van der Waals surface area contributed by atoms with Crippen LogP contribution in [0.4, 0.5) is 0 Å². The van der Waals surface area contributed by atoms with Gasteiger partial charge in [-0.15, -0.1) is 0 Å². The highest BCUT2D eigenvalue weighted by molar-refractivity contribution is 5.77. The molecule has 0 bridgehead atoms. The lowest BCUT2D eigenvalue weighted by molar-refractivity contribution is 0.112. The van der Waals surface area contributed by atoms with Crippen LogP contribution >= 0.6 is 0 Å². The summed E-state index contributed by atoms with van der Waals surface area (Å²) in [6.07, 6.45) is 6.22. The molecule has 20 heavy (non-hydrogen) atoms. The Morgan fingerprint density at radius 2 is 2.10 bits per heavy atom. The van der Waals surface area contributed by atoms with E-state index in [0.29, 0.717) is 0 Å². The standard InChI is InChI=1S/C11H12O.C6H14N2/c1-8-6-10(9-2-3-9)4-5-11(8)7-12;1-7-6-3-2-4-8-5-6/h4-7,9H,2-3H2,1H3;6-8H,2-5H2,1H3. The maximum Gasteiger partial charge on any atom is 0.150 e. The first-order valence-electron chi connectivity index (χ1n) is 7.68. The van der Waals surface area contributed by atoms with E-state index in [1.165, 1.54) is 37.8 Å². The van der Waals surface area contributed by atoms with Crippen LogP contribution in [0.15, 0.2) is 18.2 Å². The molecule has 3 nitrogen and oxygen atoms in total. The number of hydrogen-bond acceptors (Lipinski definition) is 3. The number of aldehydes is 1. The highest BCUT2D eigenvalue weighted by Gasteiger charge is 2.23. The van der Waals surface area contributed by atoms with Crippen LogP contribution in [0.3, 0.4) is 0 Å². The quantitative estimate of drug-likeness (QED) is 0.833. The number of benzene rings is 1. The van der Waals surface area contributed by atoms with Crippen LogP contribution in [-0.4, -0.2) is 32.5 Å². The third kappa shape index (κ3) is 4.43. The minimum atomic E-state index is 0.726. The number of hydrogen-bond donors (Lipinski definition) is 2. The second kappa shape index (κ2) is 7.55. The van der Waals surface area contributed by atoms with Gasteiger partial charge in [0.1, 0.15) is 6.29 Å². The summed E-state index contributed by atoms with van der Waals surface area (Å²) in [7, 11) is 2.03. The summed E-state index contributed by atoms with van der Waals surface area (Å²) in [6.45, 7) is 4.35. The zero-order valence-electron chi connectivity index (χ0n) is 12.6. The second-order valence-corrected chi connectivity index (χ2v) is 5.84. The monoisotopic (exact) mass is 274 g/mol. The zero-order chi connectivity index (χ0) is 14.4. The highest BCUT2D eigenvalue weighted by Crippen LogP contribution is 2.40. The van der Waals surface area contributed by atoms with Gasteiger partial charge in [0, 0.05) is 18.2 Å². The molecular weight excluding hydrogens is 248 g/mol. The largest absolute Gasteiger partial charge is 0.316 e. The number of carbonyl (C=O) groups is 1. The van der Waals surface area contributed by atoms with Gasteiger partial charge in [-0.3, -0.25) is 4.79 Å². The Morgan fingerprint density at radius 3 is 2.55 bits per heavy atom. The smallest absolute Gasteiger partial charge is 0.150 e. The normalized spacial score (nSPS) is 21.8. The Balaban J connectivity index is 0.000000160. The fraction of sp³-hybridized carbons (Fsp3) is 0.588. The Kier molecular flexibility index (Phi) is 5.74. The molecule has 1 unspecified atom stereocenters. The molecule has 1 heterocycles. The summed E-state index contributed by atoms with van der Waals surface area (Å²) in [5.41, 5.74) is 3.33. The fourth-order valence-electron chi connectivity index (χ4n) is 2.60. The van der Waals surface area contributed by atoms with Gasteiger partial charge in [0.05, 0.1) is 0 Å². The van der Waals surface area contributed by atoms with Crippen molar-refractivity contribution in [1.29, 1.82) is 0 Å². The molecule has 0 spiro atoms. The van der Waals surface area contributed by atoms with Crippen molar-refractivity contribution >= 4 is 6.29 Å². The molecular formula is C17H26N2O. The summed E-state index contributed by atoms with van der Waals surface area (Å²) in [5, 5.41) is 6.56. The molecule has 3 heteroatoms. The molecule has 1 saturated carbocycles. The summed E-state index contributed by atoms with van der Waals surface area (Å²) in [5.74, 6) is 0.782. The Labute approximate surface area is 122 Å². The van der Waals surface area contributed by atoms with E-state index in [9.17, 15) is 4.79 Å². The molecule has 2 aliphatic rings. The van der Waals surface area contributed by atoms with Crippen molar-refractivity contribution in [3.63, 3.8) is 0 Å². The van der Waals surface area contributed by atoms with Gasteiger partial charge in [-0.2, -0.15) is 0 Å². The molecule has 0 amide bonds. The van der Waals surface area contributed by atoms with Gasteiger partial charge in [0.15, 0.2) is 0 Å². The molecule has 1 aromatic carbocycles. The molecule has 0 radical (unpaired) electrons. The lowest BCUT2D eigenvalue weighted by Crippen LogP contribution is -2.41. The van der Waals surface area contributed by atoms with Crippen molar-refractivity contribution in [2.75, 3.05) is 20.1 Å². The summed E-state index contributed by atoms with van der Waals surface area (Å²) in [6, 6.07) is 6.87. The average molecular weight is 274 g/mol. The molecule has 2 fully saturated rings. The van der Waals surface area contributed by atoms with E-state index in [-0.39, 0.29) is 0 Å². The van der Waals surface area contributed by atoms with Crippen LogP contribution in [0, 0.1) is 6.92 Å². The highest BCUT2D eigenvalue weighted by atomic mass is 16.1. The maximum absolute atomic E-state index is 10.5. The molecule has 1 atom stereocenters. The molecule has 1 saturated heterocycles. The van der Waals surface area contributed by atoms with Crippen LogP contribution in [0.25, 0.3) is 0 Å². The van der Waals surface area contributed by atoms with Crippen molar-refractivity contribution in [1.82, 2.24) is 10.6 Å². The van der Waals surface area contributed by atoms with Gasteiger partial charge in [-0.25, -0.2) is 0 Å². The Hall–Kier alpha value is -1.19. The van der Waals surface area contributed by atoms with Gasteiger partial charge < -0.3 is 10.6 Å². The molecule has 110 valence electrons. The third-order valence-corrected chi connectivity index (χ3v) is 4.17. The first-order valence-corrected chi connectivity index (χ1v) is 7.68. The van der Waals surface area contributed by atoms with Crippen molar-refractivity contribution in [2.45, 2.75) is 44.6 Å². The van der Waals surface area contributed by atoms with Crippen LogP contribution in [0.5, 0.6) is 0 Å². The van der Waals surface area contributed by atoms with Gasteiger partial charge in [0.25, 0.3) is 0 Å². The van der Waals surface area contributed by atoms with Crippen molar-refractivity contribution in [3.8, 4) is 0 Å². The summed E-state index contributed by atoms with van der Waals surface area (Å²) >= 11 is 0. The topological polar surface area (TPSA) is 41.1 Å². The number of piperidine rings is 1. The lowest BCUT2D eigenvalue weighted by atomic mass is 10.0. The minimum Gasteiger partial charge on any atom is -0.316 e. The fourth-order valence-corrected chi connectivity index (χ4v) is 2.60. The lowest BCUT2D eigenvalue weighted by Gasteiger charge is -2.21. The van der Waals surface area contributed by atoms with Crippen LogP contribution in [0.1, 0.15) is 53.1 Å². The minimum absolute atomic E-state index is 0.726. The van der Waals surface area contributed by atoms with E-state index in [1.54, 1.807) is 0 Å². The number of aryl methyl sites for hydroxylation is 1. The SMILES string of the molecule is CNC1CCCNC1.Cc1cc(C2CC2)ccc1C=O. The van der Waals surface area contributed by atoms with Crippen molar-refractivity contribution in [3.05, 3.63) is 34.9 Å². The van der Waals surface area contributed by atoms with Gasteiger partial charge in [-0.1, -0.05) is 18.2 Å². The van der Waals surface area contributed by atoms with Crippen LogP contribution in [0.2, 0.25) is 0 Å². The molecule has 1 aliphatic heterocycles. The number of likely N-dealkylation sites (N-methyl/N-ethyl adjacent to an activating group) is 1. The molecule has 3 rings (SSSR count). The average Bonchev–Trinajstić information content (AvgIpc) is 3.33. The second-order valence-electron chi connectivity index (χ2n) is 5.84. The van der Waals surface area contributed by atoms with E-state index < -0.39 is 0 Å². The van der Waals surface area contributed by atoms with Crippen LogP contribution < -0.4 is 10.6 Å². The van der Waals surface area contributed by atoms with Gasteiger partial charge in [-0.05, 0) is 63.2 Å². The summed E-state index contributed by atoms with van der Waals surface area (Å²) < 4.78 is 0. The van der Waals surface area contributed by atoms with Crippen molar-refractivity contribution in [2.24, 2.45) is 0 Å². The Bertz CT molecular complexity index is 435. The Morgan fingerprint density at radius 1 is 1.30 bits per heavy atom. The van der Waals surface area contributed by atoms with E-state index in [0.717, 1.165) is 35.9 Å². The summed E-state index contributed by atoms with van der Waals surface area (Å²) in [4.78, 5) is 10.5. The van der Waals surface area contributed by atoms with Crippen LogP contribution in [-0.2, 0) is 0 Å². The number of nitrogens with one attached hydrogen (secondary N) is 2. The molecule has 1 aliphatic carbocycles. The third-order valence-electron chi connectivity index (χ3n) is 4.17. The predicted octanol–water partition coefficient (Wildman–Crippen LogP) is 2.64. The molecule has 1 aromatic rings. The maximum atomic E-state index is 10.5. The molecule has 2 N–H and O–H groups in total. The van der Waals surface area contributed by atoms with E-state index in [4.69, 9.17) is 0 Å².